The first-order valence-electron chi connectivity index (χ1n) is 11.9. The van der Waals surface area contributed by atoms with Crippen LogP contribution in [0.2, 0.25) is 0 Å². The van der Waals surface area contributed by atoms with Crippen LogP contribution in [0.3, 0.4) is 0 Å². The zero-order chi connectivity index (χ0) is 24.4. The van der Waals surface area contributed by atoms with Crippen molar-refractivity contribution in [3.63, 3.8) is 0 Å². The van der Waals surface area contributed by atoms with Gasteiger partial charge in [-0.15, -0.1) is 0 Å². The fourth-order valence-corrected chi connectivity index (χ4v) is 5.53. The molecule has 0 saturated carbocycles. The first-order valence-corrected chi connectivity index (χ1v) is 12.7. The van der Waals surface area contributed by atoms with Gasteiger partial charge in [-0.05, 0) is 57.4 Å². The first kappa shape index (κ1) is 23.5. The number of benzene rings is 2. The third-order valence-electron chi connectivity index (χ3n) is 6.82. The van der Waals surface area contributed by atoms with Gasteiger partial charge in [0.25, 0.3) is 0 Å². The van der Waals surface area contributed by atoms with E-state index in [0.717, 1.165) is 21.5 Å². The maximum absolute atomic E-state index is 9.40. The van der Waals surface area contributed by atoms with Gasteiger partial charge in [-0.25, -0.2) is 0 Å². The molecule has 4 nitrogen and oxygen atoms in total. The summed E-state index contributed by atoms with van der Waals surface area (Å²) < 4.78 is 3.30. The quantitative estimate of drug-likeness (QED) is 0.388. The summed E-state index contributed by atoms with van der Waals surface area (Å²) >= 11 is 3.77. The highest BCUT2D eigenvalue weighted by molar-refractivity contribution is 9.10. The van der Waals surface area contributed by atoms with Gasteiger partial charge in [0.05, 0.1) is 12.3 Å². The number of allylic oxidation sites excluding steroid dienone is 4. The Kier molecular flexibility index (Phi) is 6.80. The zero-order valence-corrected chi connectivity index (χ0v) is 21.6. The third kappa shape index (κ3) is 4.66. The van der Waals surface area contributed by atoms with E-state index in [1.165, 1.54) is 16.8 Å². The molecule has 3 heterocycles. The van der Waals surface area contributed by atoms with Crippen molar-refractivity contribution in [2.45, 2.75) is 11.8 Å². The Morgan fingerprint density at radius 1 is 0.857 bits per heavy atom. The molecular formula is C30H30BrN3O. The smallest absolute Gasteiger partial charge is 0.0610 e. The van der Waals surface area contributed by atoms with Crippen LogP contribution in [0, 0.1) is 0 Å². The lowest BCUT2D eigenvalue weighted by Crippen LogP contribution is -2.24. The number of nitrogens with zero attached hydrogens (tertiary/aromatic N) is 3. The second-order valence-corrected chi connectivity index (χ2v) is 9.81. The van der Waals surface area contributed by atoms with Crippen LogP contribution in [0.1, 0.15) is 34.4 Å². The van der Waals surface area contributed by atoms with E-state index in [2.05, 4.69) is 142 Å². The number of para-hydroxylation sites is 2. The number of fused-ring (bicyclic) bond motifs is 2. The second-order valence-electron chi connectivity index (χ2n) is 8.96. The van der Waals surface area contributed by atoms with Crippen LogP contribution in [-0.4, -0.2) is 29.9 Å². The summed E-state index contributed by atoms with van der Waals surface area (Å²) in [5, 5.41) is 9.40. The molecule has 0 saturated heterocycles. The molecule has 2 aromatic carbocycles. The van der Waals surface area contributed by atoms with E-state index in [-0.39, 0.29) is 18.4 Å². The Bertz CT molecular complexity index is 1330. The number of aliphatic hydroxyl groups is 1. The molecule has 2 aliphatic heterocycles. The largest absolute Gasteiger partial charge is 0.395 e. The van der Waals surface area contributed by atoms with Gasteiger partial charge < -0.3 is 19.5 Å². The lowest BCUT2D eigenvalue weighted by Gasteiger charge is -2.29. The molecule has 35 heavy (non-hydrogen) atoms. The minimum atomic E-state index is 0.131. The number of anilines is 2. The van der Waals surface area contributed by atoms with Crippen molar-refractivity contribution in [1.82, 2.24) is 4.57 Å². The fourth-order valence-electron chi connectivity index (χ4n) is 4.89. The average Bonchev–Trinajstić information content (AvgIpc) is 3.15. The van der Waals surface area contributed by atoms with Gasteiger partial charge in [0.15, 0.2) is 0 Å². The summed E-state index contributed by atoms with van der Waals surface area (Å²) in [4.78, 5) is 4.28. The van der Waals surface area contributed by atoms with Crippen molar-refractivity contribution in [2.75, 3.05) is 30.0 Å². The van der Waals surface area contributed by atoms with E-state index < -0.39 is 0 Å². The van der Waals surface area contributed by atoms with Gasteiger partial charge in [-0.2, -0.15) is 0 Å². The second kappa shape index (κ2) is 10.1. The number of hydrogen-bond donors (Lipinski definition) is 1. The molecule has 3 aromatic rings. The topological polar surface area (TPSA) is 31.6 Å². The minimum Gasteiger partial charge on any atom is -0.395 e. The van der Waals surface area contributed by atoms with E-state index in [1.54, 1.807) is 0 Å². The molecular weight excluding hydrogens is 498 g/mol. The average molecular weight is 528 g/mol. The number of aromatic nitrogens is 1. The summed E-state index contributed by atoms with van der Waals surface area (Å²) in [6.45, 7) is 0.729. The van der Waals surface area contributed by atoms with Crippen molar-refractivity contribution in [3.8, 4) is 0 Å². The van der Waals surface area contributed by atoms with Crippen LogP contribution >= 0.6 is 15.9 Å². The summed E-state index contributed by atoms with van der Waals surface area (Å²) in [5.41, 5.74) is 7.25. The van der Waals surface area contributed by atoms with Gasteiger partial charge >= 0.3 is 0 Å². The van der Waals surface area contributed by atoms with Crippen LogP contribution in [0.4, 0.5) is 11.4 Å². The monoisotopic (exact) mass is 527 g/mol. The van der Waals surface area contributed by atoms with Crippen molar-refractivity contribution < 1.29 is 5.11 Å². The lowest BCUT2D eigenvalue weighted by molar-refractivity contribution is 0.305. The number of rotatable bonds is 6. The van der Waals surface area contributed by atoms with E-state index in [1.807, 2.05) is 6.07 Å². The van der Waals surface area contributed by atoms with Crippen LogP contribution in [0.15, 0.2) is 95.8 Å². The molecule has 2 atom stereocenters. The summed E-state index contributed by atoms with van der Waals surface area (Å²) in [5.74, 6) is 0.434. The molecule has 0 aliphatic carbocycles. The molecule has 1 N–H and O–H groups in total. The Labute approximate surface area is 215 Å². The summed E-state index contributed by atoms with van der Waals surface area (Å²) in [6, 6.07) is 19.2. The van der Waals surface area contributed by atoms with Crippen molar-refractivity contribution >= 4 is 39.5 Å². The molecule has 0 spiro atoms. The third-order valence-corrected chi connectivity index (χ3v) is 7.45. The molecule has 0 amide bonds. The normalized spacial score (nSPS) is 19.1. The number of β-amino-alcohol motifs (C(OH)–C–C–N with tert-alkyl or cyclic N) is 1. The predicted molar refractivity (Wildman–Crippen MR) is 151 cm³/mol. The van der Waals surface area contributed by atoms with Crippen molar-refractivity contribution in [2.24, 2.45) is 7.05 Å². The SMILES string of the molecule is CN1C=CC(C=Cc2c(Br)cc(C=CC3C=CN(CCO)c4ccccc43)n2C)c2ccccc21. The minimum absolute atomic E-state index is 0.131. The number of halogens is 1. The lowest BCUT2D eigenvalue weighted by atomic mass is 9.93. The van der Waals surface area contributed by atoms with E-state index in [4.69, 9.17) is 0 Å². The highest BCUT2D eigenvalue weighted by Crippen LogP contribution is 2.36. The van der Waals surface area contributed by atoms with Gasteiger partial charge in [-0.1, -0.05) is 60.7 Å². The van der Waals surface area contributed by atoms with Gasteiger partial charge in [0.2, 0.25) is 0 Å². The maximum Gasteiger partial charge on any atom is 0.0610 e. The standard InChI is InChI=1S/C30H30BrN3O/c1-32-17-15-23(25-7-3-5-9-28(25)32)12-14-30-27(31)21-24(33(30)2)13-11-22-16-18-34(19-20-35)29-10-6-4-8-26(22)29/h3-18,21-23,35H,19-20H2,1-2H3. The highest BCUT2D eigenvalue weighted by atomic mass is 79.9. The molecule has 0 radical (unpaired) electrons. The number of hydrogen-bond acceptors (Lipinski definition) is 3. The molecule has 1 aromatic heterocycles. The van der Waals surface area contributed by atoms with E-state index in [9.17, 15) is 5.11 Å². The van der Waals surface area contributed by atoms with Crippen LogP contribution in [-0.2, 0) is 7.05 Å². The maximum atomic E-state index is 9.40. The Balaban J connectivity index is 1.38. The molecule has 5 rings (SSSR count). The van der Waals surface area contributed by atoms with Gasteiger partial charge in [0, 0.05) is 66.4 Å². The summed E-state index contributed by atoms with van der Waals surface area (Å²) in [7, 11) is 4.20. The molecule has 0 bridgehead atoms. The molecule has 2 unspecified atom stereocenters. The van der Waals surface area contributed by atoms with Crippen LogP contribution in [0.25, 0.3) is 12.2 Å². The Hall–Kier alpha value is -3.28. The van der Waals surface area contributed by atoms with E-state index >= 15 is 0 Å². The van der Waals surface area contributed by atoms with Crippen LogP contribution < -0.4 is 9.80 Å². The number of aliphatic hydroxyl groups excluding tert-OH is 1. The zero-order valence-electron chi connectivity index (χ0n) is 20.1. The molecule has 2 aliphatic rings. The first-order chi connectivity index (χ1) is 17.1. The summed E-state index contributed by atoms with van der Waals surface area (Å²) in [6.07, 6.45) is 17.6. The van der Waals surface area contributed by atoms with E-state index in [0.29, 0.717) is 6.54 Å². The van der Waals surface area contributed by atoms with Gasteiger partial charge in [0.1, 0.15) is 0 Å². The van der Waals surface area contributed by atoms with Crippen molar-refractivity contribution in [1.29, 1.82) is 0 Å². The molecule has 5 heteroatoms. The molecule has 178 valence electrons. The Morgan fingerprint density at radius 3 is 2.23 bits per heavy atom. The highest BCUT2D eigenvalue weighted by Gasteiger charge is 2.19. The van der Waals surface area contributed by atoms with Crippen molar-refractivity contribution in [3.05, 3.63) is 118 Å². The van der Waals surface area contributed by atoms with Crippen LogP contribution in [0.5, 0.6) is 0 Å². The molecule has 0 fully saturated rings. The Morgan fingerprint density at radius 2 is 1.49 bits per heavy atom. The predicted octanol–water partition coefficient (Wildman–Crippen LogP) is 6.67. The fraction of sp³-hybridized carbons (Fsp3) is 0.200. The van der Waals surface area contributed by atoms with Gasteiger partial charge in [-0.3, -0.25) is 0 Å².